The molecule has 1 aromatic carbocycles. The molecule has 0 atom stereocenters. The summed E-state index contributed by atoms with van der Waals surface area (Å²) in [5.74, 6) is -0.927. The van der Waals surface area contributed by atoms with Gasteiger partial charge in [-0.2, -0.15) is 0 Å². The first-order valence-electron chi connectivity index (χ1n) is 5.03. The summed E-state index contributed by atoms with van der Waals surface area (Å²) in [5.41, 5.74) is 11.7. The van der Waals surface area contributed by atoms with E-state index in [0.717, 1.165) is 0 Å². The molecular weight excluding hydrogens is 220 g/mol. The minimum Gasteiger partial charge on any atom is -0.384 e. The molecule has 0 saturated heterocycles. The van der Waals surface area contributed by atoms with Crippen molar-refractivity contribution in [2.24, 2.45) is 5.73 Å². The monoisotopic (exact) mass is 233 g/mol. The zero-order valence-electron chi connectivity index (χ0n) is 9.36. The Morgan fingerprint density at radius 3 is 2.29 bits per heavy atom. The highest BCUT2D eigenvalue weighted by Gasteiger charge is 2.08. The highest BCUT2D eigenvalue weighted by Crippen LogP contribution is 2.03. The molecule has 0 unspecified atom stereocenters. The van der Waals surface area contributed by atoms with E-state index in [2.05, 4.69) is 10.9 Å². The van der Waals surface area contributed by atoms with Gasteiger partial charge in [0, 0.05) is 17.5 Å². The van der Waals surface area contributed by atoms with Crippen LogP contribution in [0.4, 0.5) is 0 Å². The number of benzene rings is 1. The van der Waals surface area contributed by atoms with Gasteiger partial charge in [-0.05, 0) is 12.1 Å². The quantitative estimate of drug-likeness (QED) is 0.392. The fraction of sp³-hybridized carbons (Fsp3) is 0.182. The molecule has 0 aliphatic carbocycles. The molecule has 1 aromatic rings. The fourth-order valence-electron chi connectivity index (χ4n) is 1.06. The van der Waals surface area contributed by atoms with Crippen LogP contribution in [0.5, 0.6) is 0 Å². The third-order valence-electron chi connectivity index (χ3n) is 2.04. The summed E-state index contributed by atoms with van der Waals surface area (Å²) >= 11 is 0. The second-order valence-electron chi connectivity index (χ2n) is 3.29. The van der Waals surface area contributed by atoms with Crippen LogP contribution in [0.25, 0.3) is 0 Å². The lowest BCUT2D eigenvalue weighted by Gasteiger charge is -2.04. The van der Waals surface area contributed by atoms with Gasteiger partial charge in [0.2, 0.25) is 0 Å². The summed E-state index contributed by atoms with van der Waals surface area (Å²) in [6.07, 6.45) is 0.240. The van der Waals surface area contributed by atoms with E-state index >= 15 is 0 Å². The molecule has 6 nitrogen and oxygen atoms in total. The summed E-state index contributed by atoms with van der Waals surface area (Å²) in [7, 11) is 0. The van der Waals surface area contributed by atoms with Gasteiger partial charge in [-0.15, -0.1) is 5.43 Å². The van der Waals surface area contributed by atoms with Gasteiger partial charge in [-0.3, -0.25) is 15.0 Å². The van der Waals surface area contributed by atoms with Crippen molar-refractivity contribution < 1.29 is 9.59 Å². The number of amides is 2. The van der Waals surface area contributed by atoms with Crippen molar-refractivity contribution >= 4 is 17.6 Å². The normalized spacial score (nSPS) is 9.47. The first-order valence-corrected chi connectivity index (χ1v) is 5.03. The van der Waals surface area contributed by atoms with Gasteiger partial charge in [0.25, 0.3) is 11.8 Å². The van der Waals surface area contributed by atoms with Crippen molar-refractivity contribution in [3.05, 3.63) is 35.4 Å². The Bertz CT molecular complexity index is 439. The first-order chi connectivity index (χ1) is 8.04. The van der Waals surface area contributed by atoms with Crippen LogP contribution in [0.3, 0.4) is 0 Å². The molecule has 0 saturated carbocycles. The lowest BCUT2D eigenvalue weighted by Crippen LogP contribution is -2.35. The summed E-state index contributed by atoms with van der Waals surface area (Å²) in [5, 5.41) is 7.19. The van der Waals surface area contributed by atoms with Crippen molar-refractivity contribution in [2.75, 3.05) is 0 Å². The van der Waals surface area contributed by atoms with Gasteiger partial charge in [0.15, 0.2) is 0 Å². The number of carbonyl (C=O) groups excluding carboxylic acids is 2. The smallest absolute Gasteiger partial charge is 0.271 e. The van der Waals surface area contributed by atoms with Crippen LogP contribution in [0, 0.1) is 5.41 Å². The molecule has 2 amide bonds. The number of rotatable bonds is 3. The molecular formula is C11H13N4O2. The Labute approximate surface area is 98.7 Å². The molecule has 0 aliphatic rings. The summed E-state index contributed by atoms with van der Waals surface area (Å²) < 4.78 is 0. The van der Waals surface area contributed by atoms with Crippen LogP contribution in [0.2, 0.25) is 0 Å². The summed E-state index contributed by atoms with van der Waals surface area (Å²) in [6.45, 7) is 1.65. The Morgan fingerprint density at radius 2 is 1.82 bits per heavy atom. The van der Waals surface area contributed by atoms with E-state index in [-0.39, 0.29) is 12.3 Å². The molecule has 4 N–H and O–H groups in total. The van der Waals surface area contributed by atoms with Gasteiger partial charge in [-0.1, -0.05) is 19.1 Å². The Hall–Kier alpha value is -2.37. The largest absolute Gasteiger partial charge is 0.384 e. The SMILES string of the molecule is CCC(=O)[N]NC(=O)c1ccc(C(=N)N)cc1. The van der Waals surface area contributed by atoms with Gasteiger partial charge in [-0.25, -0.2) is 5.43 Å². The van der Waals surface area contributed by atoms with Gasteiger partial charge in [0.1, 0.15) is 5.84 Å². The van der Waals surface area contributed by atoms with E-state index in [0.29, 0.717) is 11.1 Å². The Morgan fingerprint density at radius 1 is 1.29 bits per heavy atom. The minimum absolute atomic E-state index is 0.0668. The number of nitrogens with one attached hydrogen (secondary N) is 2. The predicted octanol–water partition coefficient (Wildman–Crippen LogP) is 0.156. The number of nitrogens with zero attached hydrogens (tertiary/aromatic N) is 1. The molecule has 89 valence electrons. The van der Waals surface area contributed by atoms with Gasteiger partial charge < -0.3 is 5.73 Å². The standard InChI is InChI=1S/C11H13N4O2/c1-2-9(16)14-15-11(17)8-5-3-7(4-6-8)10(12)13/h3-6H,2H2,1H3,(H3,12,13)(H,15,17). The van der Waals surface area contributed by atoms with Crippen molar-refractivity contribution in [1.82, 2.24) is 10.9 Å². The summed E-state index contributed by atoms with van der Waals surface area (Å²) in [6, 6.07) is 6.13. The number of hydrogen-bond donors (Lipinski definition) is 3. The fourth-order valence-corrected chi connectivity index (χ4v) is 1.06. The predicted molar refractivity (Wildman–Crippen MR) is 62.4 cm³/mol. The number of nitrogen functional groups attached to an aromatic ring is 1. The molecule has 6 heteroatoms. The minimum atomic E-state index is -0.470. The van der Waals surface area contributed by atoms with Crippen molar-refractivity contribution in [3.63, 3.8) is 0 Å². The van der Waals surface area contributed by atoms with E-state index in [1.165, 1.54) is 12.1 Å². The maximum absolute atomic E-state index is 11.5. The molecule has 0 aromatic heterocycles. The van der Waals surface area contributed by atoms with E-state index in [4.69, 9.17) is 11.1 Å². The maximum Gasteiger partial charge on any atom is 0.271 e. The Kier molecular flexibility index (Phi) is 4.21. The second-order valence-corrected chi connectivity index (χ2v) is 3.29. The number of carbonyl (C=O) groups is 2. The molecule has 1 rings (SSSR count). The number of hydrogen-bond acceptors (Lipinski definition) is 3. The average Bonchev–Trinajstić information content (AvgIpc) is 2.35. The average molecular weight is 233 g/mol. The molecule has 0 heterocycles. The highest BCUT2D eigenvalue weighted by molar-refractivity contribution is 5.98. The van der Waals surface area contributed by atoms with Crippen molar-refractivity contribution in [3.8, 4) is 0 Å². The van der Waals surface area contributed by atoms with E-state index in [9.17, 15) is 9.59 Å². The van der Waals surface area contributed by atoms with Gasteiger partial charge >= 0.3 is 0 Å². The zero-order valence-corrected chi connectivity index (χ0v) is 9.36. The third kappa shape index (κ3) is 3.60. The lowest BCUT2D eigenvalue weighted by atomic mass is 10.1. The number of nitrogens with two attached hydrogens (primary N) is 1. The lowest BCUT2D eigenvalue weighted by molar-refractivity contribution is -0.121. The Balaban J connectivity index is 2.64. The maximum atomic E-state index is 11.5. The van der Waals surface area contributed by atoms with E-state index in [1.54, 1.807) is 19.1 Å². The molecule has 17 heavy (non-hydrogen) atoms. The molecule has 0 bridgehead atoms. The first kappa shape index (κ1) is 12.7. The third-order valence-corrected chi connectivity index (χ3v) is 2.04. The van der Waals surface area contributed by atoms with Crippen LogP contribution in [0.15, 0.2) is 24.3 Å². The van der Waals surface area contributed by atoms with Crippen LogP contribution in [0.1, 0.15) is 29.3 Å². The topological polar surface area (TPSA) is 110 Å². The number of amidine groups is 1. The van der Waals surface area contributed by atoms with Crippen molar-refractivity contribution in [1.29, 1.82) is 5.41 Å². The molecule has 0 aliphatic heterocycles. The van der Waals surface area contributed by atoms with E-state index in [1.807, 2.05) is 0 Å². The summed E-state index contributed by atoms with van der Waals surface area (Å²) in [4.78, 5) is 22.4. The van der Waals surface area contributed by atoms with Crippen LogP contribution < -0.4 is 16.6 Å². The van der Waals surface area contributed by atoms with Crippen LogP contribution >= 0.6 is 0 Å². The van der Waals surface area contributed by atoms with Crippen LogP contribution in [-0.4, -0.2) is 17.6 Å². The molecule has 0 fully saturated rings. The molecule has 1 radical (unpaired) electrons. The van der Waals surface area contributed by atoms with Gasteiger partial charge in [0.05, 0.1) is 0 Å². The van der Waals surface area contributed by atoms with Crippen molar-refractivity contribution in [2.45, 2.75) is 13.3 Å². The highest BCUT2D eigenvalue weighted by atomic mass is 16.2. The van der Waals surface area contributed by atoms with E-state index < -0.39 is 11.8 Å². The molecule has 0 spiro atoms. The zero-order chi connectivity index (χ0) is 12.8. The van der Waals surface area contributed by atoms with Crippen LogP contribution in [-0.2, 0) is 4.79 Å². The second kappa shape index (κ2) is 5.64.